The average Bonchev–Trinajstić information content (AvgIpc) is 3.27. The summed E-state index contributed by atoms with van der Waals surface area (Å²) in [4.78, 5) is 20.1. The zero-order valence-electron chi connectivity index (χ0n) is 16.1. The van der Waals surface area contributed by atoms with Crippen LogP contribution in [0.2, 0.25) is 0 Å². The molecule has 0 radical (unpaired) electrons. The van der Waals surface area contributed by atoms with Gasteiger partial charge >= 0.3 is 0 Å². The number of carbonyl (C=O) groups is 1. The van der Waals surface area contributed by atoms with E-state index in [0.29, 0.717) is 43.5 Å². The molecule has 6 nitrogen and oxygen atoms in total. The van der Waals surface area contributed by atoms with Gasteiger partial charge in [0.1, 0.15) is 13.2 Å². The van der Waals surface area contributed by atoms with Gasteiger partial charge in [-0.25, -0.2) is 4.98 Å². The van der Waals surface area contributed by atoms with Gasteiger partial charge in [0.2, 0.25) is 0 Å². The van der Waals surface area contributed by atoms with Gasteiger partial charge < -0.3 is 20.1 Å². The predicted octanol–water partition coefficient (Wildman–Crippen LogP) is 3.09. The molecule has 0 saturated carbocycles. The van der Waals surface area contributed by atoms with E-state index >= 15 is 0 Å². The van der Waals surface area contributed by atoms with Crippen molar-refractivity contribution in [2.24, 2.45) is 11.7 Å². The Morgan fingerprint density at radius 1 is 1.10 bits per heavy atom. The Balaban J connectivity index is 1.58. The van der Waals surface area contributed by atoms with E-state index in [-0.39, 0.29) is 5.91 Å². The molecule has 5 rings (SSSR count). The van der Waals surface area contributed by atoms with Gasteiger partial charge in [0, 0.05) is 24.0 Å². The lowest BCUT2D eigenvalue weighted by Crippen LogP contribution is -2.30. The lowest BCUT2D eigenvalue weighted by Gasteiger charge is -2.20. The molecule has 6 heteroatoms. The fourth-order valence-electron chi connectivity index (χ4n) is 4.08. The number of nitrogens with zero attached hydrogens (tertiary/aromatic N) is 2. The number of hydrogen-bond donors (Lipinski definition) is 1. The minimum absolute atomic E-state index is 0.0401. The molecular formula is C23H23N3O3. The molecular weight excluding hydrogens is 366 g/mol. The monoisotopic (exact) mass is 389 g/mol. The standard InChI is InChI=1S/C23H23N3O3/c24-13-15-7-8-26(14-15)23(27)18-12-20(25-19-4-2-1-3-17(18)19)16-5-6-21-22(11-16)29-10-9-28-21/h1-6,11-12,15H,7-10,13-14,24H2. The van der Waals surface area contributed by atoms with E-state index in [2.05, 4.69) is 0 Å². The summed E-state index contributed by atoms with van der Waals surface area (Å²) in [7, 11) is 0. The molecule has 0 spiro atoms. The van der Waals surface area contributed by atoms with Gasteiger partial charge in [-0.15, -0.1) is 0 Å². The van der Waals surface area contributed by atoms with E-state index in [1.165, 1.54) is 0 Å². The molecule has 1 fully saturated rings. The van der Waals surface area contributed by atoms with Crippen LogP contribution in [0, 0.1) is 5.92 Å². The van der Waals surface area contributed by atoms with Crippen LogP contribution in [-0.4, -0.2) is 48.6 Å². The first-order chi connectivity index (χ1) is 14.2. The zero-order chi connectivity index (χ0) is 19.8. The first kappa shape index (κ1) is 17.9. The van der Waals surface area contributed by atoms with Gasteiger partial charge in [0.25, 0.3) is 5.91 Å². The van der Waals surface area contributed by atoms with Crippen molar-refractivity contribution in [2.45, 2.75) is 6.42 Å². The van der Waals surface area contributed by atoms with Crippen LogP contribution in [0.25, 0.3) is 22.2 Å². The summed E-state index contributed by atoms with van der Waals surface area (Å²) in [6, 6.07) is 15.5. The van der Waals surface area contributed by atoms with E-state index in [1.807, 2.05) is 53.4 Å². The topological polar surface area (TPSA) is 77.7 Å². The highest BCUT2D eigenvalue weighted by atomic mass is 16.6. The van der Waals surface area contributed by atoms with Gasteiger partial charge in [-0.2, -0.15) is 0 Å². The van der Waals surface area contributed by atoms with Crippen LogP contribution >= 0.6 is 0 Å². The van der Waals surface area contributed by atoms with Crippen molar-refractivity contribution in [2.75, 3.05) is 32.8 Å². The summed E-state index contributed by atoms with van der Waals surface area (Å²) < 4.78 is 11.3. The van der Waals surface area contributed by atoms with E-state index in [9.17, 15) is 4.79 Å². The van der Waals surface area contributed by atoms with E-state index in [0.717, 1.165) is 40.9 Å². The normalized spacial score (nSPS) is 18.2. The van der Waals surface area contributed by atoms with E-state index < -0.39 is 0 Å². The lowest BCUT2D eigenvalue weighted by molar-refractivity contribution is 0.0789. The Morgan fingerprint density at radius 2 is 1.93 bits per heavy atom. The zero-order valence-corrected chi connectivity index (χ0v) is 16.1. The van der Waals surface area contributed by atoms with Crippen LogP contribution in [0.1, 0.15) is 16.8 Å². The Labute approximate surface area is 169 Å². The molecule has 3 aromatic rings. The second-order valence-corrected chi connectivity index (χ2v) is 7.57. The van der Waals surface area contributed by atoms with Gasteiger partial charge in [-0.3, -0.25) is 4.79 Å². The maximum atomic E-state index is 13.4. The second kappa shape index (κ2) is 7.37. The second-order valence-electron chi connectivity index (χ2n) is 7.57. The van der Waals surface area contributed by atoms with Crippen molar-refractivity contribution in [1.29, 1.82) is 0 Å². The third-order valence-electron chi connectivity index (χ3n) is 5.69. The Bertz CT molecular complexity index is 1080. The number of para-hydroxylation sites is 1. The van der Waals surface area contributed by atoms with Crippen LogP contribution in [-0.2, 0) is 0 Å². The Kier molecular flexibility index (Phi) is 4.56. The maximum Gasteiger partial charge on any atom is 0.254 e. The summed E-state index contributed by atoms with van der Waals surface area (Å²) in [5.74, 6) is 1.87. The van der Waals surface area contributed by atoms with Crippen LogP contribution in [0.4, 0.5) is 0 Å². The summed E-state index contributed by atoms with van der Waals surface area (Å²) >= 11 is 0. The van der Waals surface area contributed by atoms with Crippen molar-refractivity contribution in [1.82, 2.24) is 9.88 Å². The highest BCUT2D eigenvalue weighted by Gasteiger charge is 2.27. The fourth-order valence-corrected chi connectivity index (χ4v) is 4.08. The smallest absolute Gasteiger partial charge is 0.254 e. The summed E-state index contributed by atoms with van der Waals surface area (Å²) in [6.45, 7) is 3.16. The number of fused-ring (bicyclic) bond motifs is 2. The van der Waals surface area contributed by atoms with Gasteiger partial charge in [0.05, 0.1) is 16.8 Å². The minimum Gasteiger partial charge on any atom is -0.486 e. The Morgan fingerprint density at radius 3 is 2.76 bits per heavy atom. The molecule has 2 aliphatic rings. The van der Waals surface area contributed by atoms with Crippen LogP contribution in [0.3, 0.4) is 0 Å². The van der Waals surface area contributed by atoms with Gasteiger partial charge in [-0.05, 0) is 49.2 Å². The van der Waals surface area contributed by atoms with Crippen LogP contribution < -0.4 is 15.2 Å². The third kappa shape index (κ3) is 3.29. The number of hydrogen-bond acceptors (Lipinski definition) is 5. The lowest BCUT2D eigenvalue weighted by atomic mass is 10.0. The van der Waals surface area contributed by atoms with Crippen molar-refractivity contribution in [3.63, 3.8) is 0 Å². The molecule has 1 atom stereocenters. The largest absolute Gasteiger partial charge is 0.486 e. The van der Waals surface area contributed by atoms with Crippen LogP contribution in [0.5, 0.6) is 11.5 Å². The number of amides is 1. The first-order valence-corrected chi connectivity index (χ1v) is 10.0. The molecule has 0 bridgehead atoms. The third-order valence-corrected chi connectivity index (χ3v) is 5.69. The molecule has 2 aromatic carbocycles. The first-order valence-electron chi connectivity index (χ1n) is 10.0. The molecule has 1 aromatic heterocycles. The highest BCUT2D eigenvalue weighted by molar-refractivity contribution is 6.07. The van der Waals surface area contributed by atoms with Crippen molar-refractivity contribution < 1.29 is 14.3 Å². The number of aromatic nitrogens is 1. The average molecular weight is 389 g/mol. The summed E-state index contributed by atoms with van der Waals surface area (Å²) in [6.07, 6.45) is 0.959. The van der Waals surface area contributed by atoms with Crippen molar-refractivity contribution in [3.8, 4) is 22.8 Å². The molecule has 0 aliphatic carbocycles. The summed E-state index contributed by atoms with van der Waals surface area (Å²) in [5.41, 5.74) is 8.94. The molecule has 2 aliphatic heterocycles. The predicted molar refractivity (Wildman–Crippen MR) is 111 cm³/mol. The molecule has 3 heterocycles. The van der Waals surface area contributed by atoms with Gasteiger partial charge in [-0.1, -0.05) is 18.2 Å². The molecule has 148 valence electrons. The van der Waals surface area contributed by atoms with Crippen LogP contribution in [0.15, 0.2) is 48.5 Å². The SMILES string of the molecule is NCC1CCN(C(=O)c2cc(-c3ccc4c(c3)OCCO4)nc3ccccc23)C1. The number of pyridine rings is 1. The molecule has 1 unspecified atom stereocenters. The maximum absolute atomic E-state index is 13.4. The number of likely N-dealkylation sites (tertiary alicyclic amines) is 1. The summed E-state index contributed by atoms with van der Waals surface area (Å²) in [5, 5.41) is 0.870. The minimum atomic E-state index is 0.0401. The molecule has 1 amide bonds. The Hall–Kier alpha value is -3.12. The number of rotatable bonds is 3. The van der Waals surface area contributed by atoms with Crippen molar-refractivity contribution >= 4 is 16.8 Å². The number of nitrogens with two attached hydrogens (primary N) is 1. The van der Waals surface area contributed by atoms with Gasteiger partial charge in [0.15, 0.2) is 11.5 Å². The van der Waals surface area contributed by atoms with Crippen molar-refractivity contribution in [3.05, 3.63) is 54.1 Å². The number of ether oxygens (including phenoxy) is 2. The molecule has 1 saturated heterocycles. The molecule has 29 heavy (non-hydrogen) atoms. The number of benzene rings is 2. The molecule has 2 N–H and O–H groups in total. The highest BCUT2D eigenvalue weighted by Crippen LogP contribution is 2.35. The van der Waals surface area contributed by atoms with E-state index in [4.69, 9.17) is 20.2 Å². The quantitative estimate of drug-likeness (QED) is 0.745. The number of carbonyl (C=O) groups excluding carboxylic acids is 1. The fraction of sp³-hybridized carbons (Fsp3) is 0.304. The van der Waals surface area contributed by atoms with E-state index in [1.54, 1.807) is 0 Å².